The van der Waals surface area contributed by atoms with Crippen molar-refractivity contribution in [1.82, 2.24) is 4.57 Å². The van der Waals surface area contributed by atoms with E-state index in [4.69, 9.17) is 0 Å². The Kier molecular flexibility index (Phi) is 13.3. The van der Waals surface area contributed by atoms with Crippen molar-refractivity contribution in [2.24, 2.45) is 0 Å². The molecule has 18 aromatic carbocycles. The predicted octanol–water partition coefficient (Wildman–Crippen LogP) is 28.5. The maximum absolute atomic E-state index is 10.2. The molecule has 19 aromatic rings. The molecular weight excluding hydrogens is 1470 g/mol. The summed E-state index contributed by atoms with van der Waals surface area (Å²) in [5.41, 5.74) is 38.4. The Morgan fingerprint density at radius 3 is 1.05 bits per heavy atom. The van der Waals surface area contributed by atoms with Crippen LogP contribution < -0.4 is 26.2 Å². The molecule has 4 heteroatoms. The van der Waals surface area contributed by atoms with Crippen molar-refractivity contribution in [3.63, 3.8) is 0 Å². The Morgan fingerprint density at radius 1 is 0.254 bits per heavy atom. The first-order valence-electron chi connectivity index (χ1n) is 46.6. The van der Waals surface area contributed by atoms with Gasteiger partial charge in [-0.1, -0.05) is 375 Å². The standard InChI is InChI=1S/C118H84BN3/c1-115(2,3)79-68-94(74-35-12-8-13-36-74)114(95(69-79)75-37-14-9-15-38-75)121-108-64-59-76(73-33-10-7-11-34-73)67-105(108)119-104-63-60-81(120-106-55-30-22-45-92(106)93-46-23-31-56-107(93)120)72-109(104)122(111-71-80(116(4,5)6)70-110(121)112(111)119)113-82(77-57-61-90-88-43-20-28-53-100(88)117(102(90)65-77)96-49-24-16-39-84(96)85-40-17-25-50-97(85)117)47-32-48-83(113)78-58-62-91-89-44-21-29-54-101(89)118(103(91)66-78)98-51-26-18-41-86(98)87-42-19-27-52-99(87)118/h7-72H,1-6H3/i22D,23D,30D,31D,45D,46D,55D,56D. The van der Waals surface area contributed by atoms with Gasteiger partial charge in [-0.3, -0.25) is 0 Å². The molecule has 0 radical (unpaired) electrons. The van der Waals surface area contributed by atoms with E-state index >= 15 is 0 Å². The minimum atomic E-state index is -0.728. The number of fused-ring (bicyclic) bond motifs is 27. The molecule has 1 aromatic heterocycles. The predicted molar refractivity (Wildman–Crippen MR) is 512 cm³/mol. The summed E-state index contributed by atoms with van der Waals surface area (Å²) in [5.74, 6) is 0. The van der Waals surface area contributed by atoms with Gasteiger partial charge in [0, 0.05) is 61.5 Å². The Bertz CT molecular complexity index is 7720. The van der Waals surface area contributed by atoms with Crippen molar-refractivity contribution < 1.29 is 11.0 Å². The number of rotatable bonds is 8. The summed E-state index contributed by atoms with van der Waals surface area (Å²) in [5, 5.41) is 0.00577. The Hall–Kier alpha value is -14.6. The highest BCUT2D eigenvalue weighted by molar-refractivity contribution is 7.00. The van der Waals surface area contributed by atoms with Crippen LogP contribution in [0.1, 0.15) is 108 Å². The molecular formula is C118H84BN3. The summed E-state index contributed by atoms with van der Waals surface area (Å²) in [6, 6.07) is 127. The van der Waals surface area contributed by atoms with Gasteiger partial charge in [0.05, 0.1) is 44.2 Å². The molecule has 3 heterocycles. The summed E-state index contributed by atoms with van der Waals surface area (Å²) >= 11 is 0. The third-order valence-electron chi connectivity index (χ3n) is 27.6. The smallest absolute Gasteiger partial charge is 0.252 e. The molecule has 574 valence electrons. The lowest BCUT2D eigenvalue weighted by Crippen LogP contribution is -2.61. The summed E-state index contributed by atoms with van der Waals surface area (Å²) in [6.07, 6.45) is 0. The van der Waals surface area contributed by atoms with E-state index < -0.39 is 59.2 Å². The summed E-state index contributed by atoms with van der Waals surface area (Å²) in [7, 11) is 0. The van der Waals surface area contributed by atoms with E-state index in [1.54, 1.807) is 4.57 Å². The Balaban J connectivity index is 0.866. The van der Waals surface area contributed by atoms with Crippen LogP contribution in [0.25, 0.3) is 128 Å². The van der Waals surface area contributed by atoms with E-state index in [0.717, 1.165) is 123 Å². The molecule has 3 nitrogen and oxygen atoms in total. The highest BCUT2D eigenvalue weighted by atomic mass is 15.2. The van der Waals surface area contributed by atoms with E-state index in [1.165, 1.54) is 83.5 Å². The van der Waals surface area contributed by atoms with Gasteiger partial charge < -0.3 is 14.4 Å². The lowest BCUT2D eigenvalue weighted by atomic mass is 9.33. The molecule has 0 N–H and O–H groups in total. The van der Waals surface area contributed by atoms with Gasteiger partial charge in [-0.2, -0.15) is 0 Å². The van der Waals surface area contributed by atoms with Gasteiger partial charge in [0.15, 0.2) is 0 Å². The molecule has 0 unspecified atom stereocenters. The fraction of sp³-hybridized carbons (Fsp3) is 0.0847. The van der Waals surface area contributed by atoms with E-state index in [-0.39, 0.29) is 39.3 Å². The normalized spacial score (nSPS) is 15.0. The van der Waals surface area contributed by atoms with Gasteiger partial charge in [-0.05, 0) is 227 Å². The van der Waals surface area contributed by atoms with Gasteiger partial charge in [0.25, 0.3) is 6.71 Å². The minimum absolute atomic E-state index is 0.00289. The zero-order valence-corrected chi connectivity index (χ0v) is 68.4. The van der Waals surface area contributed by atoms with Crippen LogP contribution in [0.15, 0.2) is 400 Å². The van der Waals surface area contributed by atoms with Crippen LogP contribution >= 0.6 is 0 Å². The average molecular weight is 1560 g/mol. The molecule has 2 aliphatic heterocycles. The van der Waals surface area contributed by atoms with Gasteiger partial charge in [-0.15, -0.1) is 0 Å². The van der Waals surface area contributed by atoms with Crippen molar-refractivity contribution in [3.8, 4) is 106 Å². The molecule has 0 amide bonds. The maximum Gasteiger partial charge on any atom is 0.252 e. The number of benzene rings is 18. The second-order valence-electron chi connectivity index (χ2n) is 35.8. The van der Waals surface area contributed by atoms with Crippen molar-refractivity contribution in [1.29, 1.82) is 0 Å². The minimum Gasteiger partial charge on any atom is -0.310 e. The highest BCUT2D eigenvalue weighted by Crippen LogP contribution is 2.67. The second kappa shape index (κ2) is 26.0. The SMILES string of the molecule is [2H]c1c([2H])c([2H])c2c(c1[2H])c1c([2H])c([2H])c([2H])c([2H])c1n2-c1ccc2c(c1)N(c1c(-c3ccc4c(c3)C3(c5ccccc5-c5ccccc53)c3ccccc3-4)cccc1-c1ccc3c(c1)C1(c4ccccc4-c4ccccc41)c1ccccc1-3)c1cc(C(C)(C)C)cc3c1B2c1cc(-c2ccccc2)ccc1N3c1c(-c2ccccc2)cc(C(C)(C)C)cc1-c1ccccc1. The second-order valence-corrected chi connectivity index (χ2v) is 35.8. The number of hydrogen-bond donors (Lipinski definition) is 0. The maximum atomic E-state index is 10.2. The van der Waals surface area contributed by atoms with Crippen LogP contribution in [0.2, 0.25) is 0 Å². The number of nitrogens with zero attached hydrogens (tertiary/aromatic N) is 3. The topological polar surface area (TPSA) is 11.4 Å². The van der Waals surface area contributed by atoms with E-state index in [1.807, 2.05) is 6.07 Å². The first-order valence-corrected chi connectivity index (χ1v) is 42.6. The number of para-hydroxylation sites is 3. The van der Waals surface area contributed by atoms with Crippen molar-refractivity contribution >= 4 is 79.0 Å². The lowest BCUT2D eigenvalue weighted by Gasteiger charge is -2.46. The molecule has 2 spiro atoms. The lowest BCUT2D eigenvalue weighted by molar-refractivity contribution is 0.590. The fourth-order valence-corrected chi connectivity index (χ4v) is 22.3. The molecule has 122 heavy (non-hydrogen) atoms. The Morgan fingerprint density at radius 2 is 0.615 bits per heavy atom. The van der Waals surface area contributed by atoms with Gasteiger partial charge in [0.2, 0.25) is 0 Å². The quantitative estimate of drug-likeness (QED) is 0.141. The molecule has 4 aliphatic carbocycles. The molecule has 6 aliphatic rings. The summed E-state index contributed by atoms with van der Waals surface area (Å²) in [6.45, 7) is 13.3. The molecule has 0 atom stereocenters. The zero-order chi connectivity index (χ0) is 88.2. The fourth-order valence-electron chi connectivity index (χ4n) is 22.3. The Labute approximate surface area is 724 Å². The monoisotopic (exact) mass is 1560 g/mol. The first-order chi connectivity index (χ1) is 63.1. The van der Waals surface area contributed by atoms with Crippen LogP contribution in [0.5, 0.6) is 0 Å². The molecule has 0 saturated heterocycles. The van der Waals surface area contributed by atoms with Gasteiger partial charge >= 0.3 is 0 Å². The van der Waals surface area contributed by atoms with Crippen LogP contribution in [-0.2, 0) is 21.7 Å². The largest absolute Gasteiger partial charge is 0.310 e. The number of anilines is 6. The van der Waals surface area contributed by atoms with Crippen molar-refractivity contribution in [2.75, 3.05) is 9.80 Å². The van der Waals surface area contributed by atoms with Crippen LogP contribution in [0.4, 0.5) is 34.1 Å². The van der Waals surface area contributed by atoms with Crippen molar-refractivity contribution in [2.45, 2.75) is 63.2 Å². The zero-order valence-electron chi connectivity index (χ0n) is 76.4. The number of aromatic nitrogens is 1. The molecule has 0 saturated carbocycles. The average Bonchev–Trinajstić information content (AvgIpc) is 1.50. The summed E-state index contributed by atoms with van der Waals surface area (Å²) < 4.78 is 79.4. The molecule has 25 rings (SSSR count). The highest BCUT2D eigenvalue weighted by Gasteiger charge is 2.55. The van der Waals surface area contributed by atoms with Crippen molar-refractivity contribution in [3.05, 3.63) is 456 Å². The molecule has 0 fully saturated rings. The third kappa shape index (κ3) is 9.75. The van der Waals surface area contributed by atoms with Gasteiger partial charge in [0.1, 0.15) is 0 Å². The molecule has 0 bridgehead atoms. The van der Waals surface area contributed by atoms with Crippen LogP contribution in [0, 0.1) is 0 Å². The van der Waals surface area contributed by atoms with E-state index in [0.29, 0.717) is 5.69 Å². The third-order valence-corrected chi connectivity index (χ3v) is 27.6. The van der Waals surface area contributed by atoms with Crippen LogP contribution in [0.3, 0.4) is 0 Å². The van der Waals surface area contributed by atoms with E-state index in [2.05, 4.69) is 397 Å². The first kappa shape index (κ1) is 62.6. The van der Waals surface area contributed by atoms with Crippen LogP contribution in [-0.4, -0.2) is 11.3 Å². The summed E-state index contributed by atoms with van der Waals surface area (Å²) in [4.78, 5) is 5.16. The van der Waals surface area contributed by atoms with E-state index in [9.17, 15) is 11.0 Å². The number of hydrogen-bond acceptors (Lipinski definition) is 2. The van der Waals surface area contributed by atoms with Gasteiger partial charge in [-0.25, -0.2) is 0 Å².